The fourth-order valence-electron chi connectivity index (χ4n) is 1.32. The van der Waals surface area contributed by atoms with Gasteiger partial charge in [0.2, 0.25) is 0 Å². The lowest BCUT2D eigenvalue weighted by Crippen LogP contribution is -2.15. The molecule has 0 radical (unpaired) electrons. The molecule has 2 aromatic heterocycles. The third kappa shape index (κ3) is 3.72. The van der Waals surface area contributed by atoms with Crippen molar-refractivity contribution in [1.29, 1.82) is 0 Å². The van der Waals surface area contributed by atoms with Crippen LogP contribution < -0.4 is 5.32 Å². The molecular weight excluding hydrogens is 290 g/mol. The van der Waals surface area contributed by atoms with Crippen LogP contribution in [-0.2, 0) is 13.0 Å². The monoisotopic (exact) mass is 301 g/mol. The first kappa shape index (κ1) is 11.3. The Hall–Kier alpha value is -0.160. The summed E-state index contributed by atoms with van der Waals surface area (Å²) in [5.41, 5.74) is 0. The molecule has 80 valence electrons. The Balaban J connectivity index is 1.67. The molecule has 1 N–H and O–H groups in total. The topological polar surface area (TPSA) is 12.0 Å². The number of halogens is 1. The van der Waals surface area contributed by atoms with Crippen LogP contribution in [0.3, 0.4) is 0 Å². The Bertz CT molecular complexity index is 394. The number of hydrogen-bond donors (Lipinski definition) is 1. The molecule has 2 aromatic rings. The average Bonchev–Trinajstić information content (AvgIpc) is 2.84. The molecule has 0 saturated carbocycles. The van der Waals surface area contributed by atoms with Crippen molar-refractivity contribution in [2.24, 2.45) is 0 Å². The number of hydrogen-bond acceptors (Lipinski definition) is 3. The van der Waals surface area contributed by atoms with Gasteiger partial charge in [0.25, 0.3) is 0 Å². The molecule has 0 saturated heterocycles. The molecule has 0 aromatic carbocycles. The highest BCUT2D eigenvalue weighted by Gasteiger charge is 1.97. The van der Waals surface area contributed by atoms with Gasteiger partial charge in [-0.25, -0.2) is 0 Å². The summed E-state index contributed by atoms with van der Waals surface area (Å²) in [6, 6.07) is 6.47. The zero-order valence-corrected chi connectivity index (χ0v) is 11.4. The van der Waals surface area contributed by atoms with E-state index in [4.69, 9.17) is 0 Å². The largest absolute Gasteiger partial charge is 0.311 e. The molecule has 0 unspecified atom stereocenters. The van der Waals surface area contributed by atoms with E-state index in [0.717, 1.165) is 19.5 Å². The summed E-state index contributed by atoms with van der Waals surface area (Å²) < 4.78 is 1.18. The fourth-order valence-corrected chi connectivity index (χ4v) is 3.45. The van der Waals surface area contributed by atoms with Gasteiger partial charge in [0.1, 0.15) is 0 Å². The van der Waals surface area contributed by atoms with Crippen molar-refractivity contribution in [3.8, 4) is 0 Å². The Morgan fingerprint density at radius 2 is 2.20 bits per heavy atom. The maximum atomic E-state index is 3.46. The summed E-state index contributed by atoms with van der Waals surface area (Å²) in [6.45, 7) is 2.03. The Morgan fingerprint density at radius 3 is 2.87 bits per heavy atom. The molecular formula is C11H12BrNS2. The predicted octanol–water partition coefficient (Wildman–Crippen LogP) is 3.90. The third-order valence-corrected chi connectivity index (χ3v) is 4.68. The van der Waals surface area contributed by atoms with Crippen LogP contribution in [0.15, 0.2) is 33.4 Å². The lowest BCUT2D eigenvalue weighted by Gasteiger charge is -2.00. The number of thiophene rings is 2. The summed E-state index contributed by atoms with van der Waals surface area (Å²) in [5, 5.41) is 7.70. The van der Waals surface area contributed by atoms with E-state index in [1.54, 1.807) is 11.3 Å². The minimum atomic E-state index is 0.974. The molecule has 0 aliphatic rings. The molecule has 2 heterocycles. The third-order valence-electron chi connectivity index (χ3n) is 2.05. The maximum absolute atomic E-state index is 3.46. The van der Waals surface area contributed by atoms with E-state index in [1.165, 1.54) is 14.2 Å². The van der Waals surface area contributed by atoms with Gasteiger partial charge in [-0.1, -0.05) is 6.07 Å². The first-order valence-electron chi connectivity index (χ1n) is 4.80. The summed E-state index contributed by atoms with van der Waals surface area (Å²) in [5.74, 6) is 0. The van der Waals surface area contributed by atoms with Gasteiger partial charge in [0, 0.05) is 32.7 Å². The minimum absolute atomic E-state index is 0.974. The van der Waals surface area contributed by atoms with E-state index in [1.807, 2.05) is 11.3 Å². The highest BCUT2D eigenvalue weighted by Crippen LogP contribution is 2.19. The second-order valence-corrected chi connectivity index (χ2v) is 6.18. The van der Waals surface area contributed by atoms with Gasteiger partial charge in [-0.15, -0.1) is 22.7 Å². The van der Waals surface area contributed by atoms with Crippen molar-refractivity contribution in [3.63, 3.8) is 0 Å². The summed E-state index contributed by atoms with van der Waals surface area (Å²) in [7, 11) is 0. The van der Waals surface area contributed by atoms with E-state index in [2.05, 4.69) is 50.2 Å². The quantitative estimate of drug-likeness (QED) is 0.826. The minimum Gasteiger partial charge on any atom is -0.311 e. The highest BCUT2D eigenvalue weighted by atomic mass is 79.9. The molecule has 0 aliphatic heterocycles. The van der Waals surface area contributed by atoms with Crippen LogP contribution in [0, 0.1) is 0 Å². The van der Waals surface area contributed by atoms with Crippen LogP contribution >= 0.6 is 38.6 Å². The van der Waals surface area contributed by atoms with Crippen LogP contribution in [0.1, 0.15) is 9.75 Å². The molecule has 0 aliphatic carbocycles. The molecule has 0 spiro atoms. The van der Waals surface area contributed by atoms with Crippen molar-refractivity contribution < 1.29 is 0 Å². The number of nitrogens with one attached hydrogen (secondary N) is 1. The molecule has 1 nitrogen and oxygen atoms in total. The van der Waals surface area contributed by atoms with Gasteiger partial charge in [0.05, 0.1) is 0 Å². The Labute approximate surface area is 106 Å². The lowest BCUT2D eigenvalue weighted by molar-refractivity contribution is 0.697. The number of rotatable bonds is 5. The van der Waals surface area contributed by atoms with Crippen molar-refractivity contribution in [1.82, 2.24) is 5.32 Å². The Kier molecular flexibility index (Phi) is 4.38. The van der Waals surface area contributed by atoms with Crippen molar-refractivity contribution in [2.45, 2.75) is 13.0 Å². The van der Waals surface area contributed by atoms with Crippen LogP contribution in [0.4, 0.5) is 0 Å². The van der Waals surface area contributed by atoms with E-state index in [-0.39, 0.29) is 0 Å². The first-order valence-corrected chi connectivity index (χ1v) is 7.36. The SMILES string of the molecule is Brc1csc(CNCCc2cccs2)c1. The fraction of sp³-hybridized carbons (Fsp3) is 0.273. The van der Waals surface area contributed by atoms with E-state index in [0.29, 0.717) is 0 Å². The van der Waals surface area contributed by atoms with Gasteiger partial charge < -0.3 is 5.32 Å². The van der Waals surface area contributed by atoms with Crippen LogP contribution in [0.25, 0.3) is 0 Å². The standard InChI is InChI=1S/C11H12BrNS2/c12-9-6-11(15-8-9)7-13-4-3-10-2-1-5-14-10/h1-2,5-6,8,13H,3-4,7H2. The van der Waals surface area contributed by atoms with E-state index in [9.17, 15) is 0 Å². The lowest BCUT2D eigenvalue weighted by atomic mass is 10.3. The van der Waals surface area contributed by atoms with Gasteiger partial charge in [-0.05, 0) is 39.9 Å². The van der Waals surface area contributed by atoms with E-state index < -0.39 is 0 Å². The van der Waals surface area contributed by atoms with Crippen molar-refractivity contribution in [3.05, 3.63) is 43.2 Å². The molecule has 15 heavy (non-hydrogen) atoms. The van der Waals surface area contributed by atoms with Gasteiger partial charge >= 0.3 is 0 Å². The zero-order valence-electron chi connectivity index (χ0n) is 8.20. The predicted molar refractivity (Wildman–Crippen MR) is 71.7 cm³/mol. The van der Waals surface area contributed by atoms with Crippen LogP contribution in [-0.4, -0.2) is 6.54 Å². The van der Waals surface area contributed by atoms with Gasteiger partial charge in [-0.3, -0.25) is 0 Å². The molecule has 2 rings (SSSR count). The van der Waals surface area contributed by atoms with Crippen LogP contribution in [0.5, 0.6) is 0 Å². The summed E-state index contributed by atoms with van der Waals surface area (Å²) in [6.07, 6.45) is 1.13. The van der Waals surface area contributed by atoms with Gasteiger partial charge in [0.15, 0.2) is 0 Å². The van der Waals surface area contributed by atoms with Gasteiger partial charge in [-0.2, -0.15) is 0 Å². The average molecular weight is 302 g/mol. The zero-order chi connectivity index (χ0) is 10.5. The maximum Gasteiger partial charge on any atom is 0.0300 e. The van der Waals surface area contributed by atoms with E-state index >= 15 is 0 Å². The van der Waals surface area contributed by atoms with Crippen LogP contribution in [0.2, 0.25) is 0 Å². The highest BCUT2D eigenvalue weighted by molar-refractivity contribution is 9.10. The van der Waals surface area contributed by atoms with Crippen molar-refractivity contribution >= 4 is 38.6 Å². The molecule has 0 bridgehead atoms. The molecule has 0 atom stereocenters. The summed E-state index contributed by atoms with van der Waals surface area (Å²) in [4.78, 5) is 2.84. The smallest absolute Gasteiger partial charge is 0.0300 e. The summed E-state index contributed by atoms with van der Waals surface area (Å²) >= 11 is 7.08. The second kappa shape index (κ2) is 5.80. The molecule has 0 fully saturated rings. The Morgan fingerprint density at radius 1 is 1.27 bits per heavy atom. The first-order chi connectivity index (χ1) is 7.34. The molecule has 0 amide bonds. The molecule has 4 heteroatoms. The second-order valence-electron chi connectivity index (χ2n) is 3.24. The normalized spacial score (nSPS) is 10.7. The van der Waals surface area contributed by atoms with Crippen molar-refractivity contribution in [2.75, 3.05) is 6.54 Å².